The lowest BCUT2D eigenvalue weighted by atomic mass is 10.3. The molecule has 0 aromatic heterocycles. The molecule has 0 spiro atoms. The predicted molar refractivity (Wildman–Crippen MR) is 68.6 cm³/mol. The number of unbranched alkanes of at least 4 members (excludes halogenated alkanes) is 1. The number of hydrogen-bond acceptors (Lipinski definition) is 3. The Morgan fingerprint density at radius 1 is 1.40 bits per heavy atom. The molecule has 90 valence electrons. The third-order valence-electron chi connectivity index (χ3n) is 2.76. The molecule has 2 atom stereocenters. The van der Waals surface area contributed by atoms with E-state index in [1.165, 1.54) is 25.0 Å². The number of rotatable bonds is 7. The lowest BCUT2D eigenvalue weighted by Gasteiger charge is -2.13. The van der Waals surface area contributed by atoms with Crippen molar-refractivity contribution in [3.63, 3.8) is 0 Å². The molecule has 1 rings (SSSR count). The molecule has 2 unspecified atom stereocenters. The van der Waals surface area contributed by atoms with Crippen LogP contribution in [0.2, 0.25) is 0 Å². The van der Waals surface area contributed by atoms with E-state index < -0.39 is 0 Å². The van der Waals surface area contributed by atoms with Crippen LogP contribution in [0.1, 0.15) is 40.0 Å². The highest BCUT2D eigenvalue weighted by Crippen LogP contribution is 2.26. The molecular formula is C12H25NOS. The first-order chi connectivity index (χ1) is 7.20. The molecule has 0 saturated carbocycles. The van der Waals surface area contributed by atoms with Gasteiger partial charge in [-0.1, -0.05) is 13.8 Å². The molecule has 1 heterocycles. The molecule has 0 aromatic rings. The van der Waals surface area contributed by atoms with Crippen LogP contribution in [0.25, 0.3) is 0 Å². The van der Waals surface area contributed by atoms with Crippen LogP contribution in [-0.4, -0.2) is 36.3 Å². The van der Waals surface area contributed by atoms with Crippen molar-refractivity contribution in [1.29, 1.82) is 0 Å². The first-order valence-corrected chi connectivity index (χ1v) is 7.21. The van der Waals surface area contributed by atoms with E-state index in [1.54, 1.807) is 0 Å². The monoisotopic (exact) mass is 231 g/mol. The zero-order valence-electron chi connectivity index (χ0n) is 10.3. The second-order valence-electron chi connectivity index (χ2n) is 4.59. The maximum atomic E-state index is 5.54. The van der Waals surface area contributed by atoms with Gasteiger partial charge in [-0.2, -0.15) is 11.8 Å². The molecule has 1 aliphatic heterocycles. The molecule has 2 nitrogen and oxygen atoms in total. The minimum Gasteiger partial charge on any atom is -0.377 e. The quantitative estimate of drug-likeness (QED) is 0.681. The van der Waals surface area contributed by atoms with Gasteiger partial charge in [-0.15, -0.1) is 0 Å². The Hall–Kier alpha value is 0.270. The molecule has 1 N–H and O–H groups in total. The van der Waals surface area contributed by atoms with Gasteiger partial charge in [0.2, 0.25) is 0 Å². The predicted octanol–water partition coefficient (Wildman–Crippen LogP) is 2.68. The smallest absolute Gasteiger partial charge is 0.0666 e. The lowest BCUT2D eigenvalue weighted by molar-refractivity contribution is 0.127. The maximum absolute atomic E-state index is 5.54. The van der Waals surface area contributed by atoms with Gasteiger partial charge in [-0.05, 0) is 38.5 Å². The SMILES string of the molecule is CC(C)NCCCCSC1CCOC1C. The van der Waals surface area contributed by atoms with Gasteiger partial charge in [0, 0.05) is 17.9 Å². The van der Waals surface area contributed by atoms with E-state index in [4.69, 9.17) is 4.74 Å². The highest BCUT2D eigenvalue weighted by atomic mass is 32.2. The summed E-state index contributed by atoms with van der Waals surface area (Å²) in [7, 11) is 0. The Kier molecular flexibility index (Phi) is 6.69. The molecule has 0 radical (unpaired) electrons. The number of hydrogen-bond donors (Lipinski definition) is 1. The Morgan fingerprint density at radius 2 is 2.20 bits per heavy atom. The van der Waals surface area contributed by atoms with Crippen LogP contribution < -0.4 is 5.32 Å². The minimum atomic E-state index is 0.476. The van der Waals surface area contributed by atoms with Gasteiger partial charge < -0.3 is 10.1 Å². The van der Waals surface area contributed by atoms with E-state index in [2.05, 4.69) is 37.8 Å². The van der Waals surface area contributed by atoms with Gasteiger partial charge in [-0.25, -0.2) is 0 Å². The highest BCUT2D eigenvalue weighted by Gasteiger charge is 2.23. The van der Waals surface area contributed by atoms with E-state index in [0.717, 1.165) is 18.4 Å². The summed E-state index contributed by atoms with van der Waals surface area (Å²) >= 11 is 2.10. The summed E-state index contributed by atoms with van der Waals surface area (Å²) in [5, 5.41) is 4.20. The van der Waals surface area contributed by atoms with Crippen molar-refractivity contribution in [2.45, 2.75) is 57.4 Å². The summed E-state index contributed by atoms with van der Waals surface area (Å²) < 4.78 is 5.54. The molecule has 0 bridgehead atoms. The number of nitrogens with one attached hydrogen (secondary N) is 1. The molecule has 3 heteroatoms. The van der Waals surface area contributed by atoms with Crippen molar-refractivity contribution in [3.05, 3.63) is 0 Å². The fourth-order valence-corrected chi connectivity index (χ4v) is 3.07. The van der Waals surface area contributed by atoms with Gasteiger partial charge >= 0.3 is 0 Å². The van der Waals surface area contributed by atoms with Crippen LogP contribution in [0.4, 0.5) is 0 Å². The van der Waals surface area contributed by atoms with Crippen LogP contribution in [0, 0.1) is 0 Å². The van der Waals surface area contributed by atoms with Crippen molar-refractivity contribution in [1.82, 2.24) is 5.32 Å². The average molecular weight is 231 g/mol. The number of thioether (sulfide) groups is 1. The van der Waals surface area contributed by atoms with Gasteiger partial charge in [0.1, 0.15) is 0 Å². The standard InChI is InChI=1S/C12H25NOS/c1-10(2)13-7-4-5-9-15-12-6-8-14-11(12)3/h10-13H,4-9H2,1-3H3. The third-order valence-corrected chi connectivity index (χ3v) is 4.33. The highest BCUT2D eigenvalue weighted by molar-refractivity contribution is 7.99. The Labute approximate surface area is 98.5 Å². The lowest BCUT2D eigenvalue weighted by Crippen LogP contribution is -2.23. The largest absolute Gasteiger partial charge is 0.377 e. The summed E-state index contributed by atoms with van der Waals surface area (Å²) in [4.78, 5) is 0. The topological polar surface area (TPSA) is 21.3 Å². The van der Waals surface area contributed by atoms with Gasteiger partial charge in [0.25, 0.3) is 0 Å². The first-order valence-electron chi connectivity index (χ1n) is 6.16. The first kappa shape index (κ1) is 13.3. The van der Waals surface area contributed by atoms with Crippen molar-refractivity contribution in [2.75, 3.05) is 18.9 Å². The molecule has 0 aliphatic carbocycles. The summed E-state index contributed by atoms with van der Waals surface area (Å²) in [6, 6.07) is 0.626. The van der Waals surface area contributed by atoms with E-state index in [-0.39, 0.29) is 0 Å². The third kappa shape index (κ3) is 5.79. The Morgan fingerprint density at radius 3 is 2.80 bits per heavy atom. The van der Waals surface area contributed by atoms with Crippen LogP contribution in [-0.2, 0) is 4.74 Å². The van der Waals surface area contributed by atoms with Crippen LogP contribution in [0.3, 0.4) is 0 Å². The average Bonchev–Trinajstić information content (AvgIpc) is 2.57. The number of ether oxygens (including phenoxy) is 1. The fraction of sp³-hybridized carbons (Fsp3) is 1.00. The molecule has 1 fully saturated rings. The molecule has 0 aromatic carbocycles. The second kappa shape index (κ2) is 7.53. The zero-order valence-corrected chi connectivity index (χ0v) is 11.1. The summed E-state index contributed by atoms with van der Waals surface area (Å²) in [6.45, 7) is 8.73. The maximum Gasteiger partial charge on any atom is 0.0666 e. The molecule has 15 heavy (non-hydrogen) atoms. The van der Waals surface area contributed by atoms with E-state index in [1.807, 2.05) is 0 Å². The molecular weight excluding hydrogens is 206 g/mol. The van der Waals surface area contributed by atoms with E-state index in [9.17, 15) is 0 Å². The zero-order chi connectivity index (χ0) is 11.1. The van der Waals surface area contributed by atoms with Crippen LogP contribution >= 0.6 is 11.8 Å². The fourth-order valence-electron chi connectivity index (χ4n) is 1.78. The van der Waals surface area contributed by atoms with Gasteiger partial charge in [0.05, 0.1) is 6.10 Å². The van der Waals surface area contributed by atoms with Crippen molar-refractivity contribution >= 4 is 11.8 Å². The Balaban J connectivity index is 1.88. The Bertz CT molecular complexity index is 164. The van der Waals surface area contributed by atoms with Crippen molar-refractivity contribution in [3.8, 4) is 0 Å². The second-order valence-corrected chi connectivity index (χ2v) is 5.94. The van der Waals surface area contributed by atoms with E-state index in [0.29, 0.717) is 12.1 Å². The minimum absolute atomic E-state index is 0.476. The molecule has 1 saturated heterocycles. The van der Waals surface area contributed by atoms with Gasteiger partial charge in [-0.3, -0.25) is 0 Å². The van der Waals surface area contributed by atoms with Gasteiger partial charge in [0.15, 0.2) is 0 Å². The summed E-state index contributed by atoms with van der Waals surface area (Å²) in [5.41, 5.74) is 0. The molecule has 1 aliphatic rings. The van der Waals surface area contributed by atoms with Crippen molar-refractivity contribution < 1.29 is 4.74 Å². The summed E-state index contributed by atoms with van der Waals surface area (Å²) in [6.07, 6.45) is 4.35. The normalized spacial score (nSPS) is 26.4. The molecule has 0 amide bonds. The van der Waals surface area contributed by atoms with Crippen LogP contribution in [0.5, 0.6) is 0 Å². The van der Waals surface area contributed by atoms with Crippen molar-refractivity contribution in [2.24, 2.45) is 0 Å². The summed E-state index contributed by atoms with van der Waals surface area (Å²) in [5.74, 6) is 1.29. The van der Waals surface area contributed by atoms with E-state index >= 15 is 0 Å². The van der Waals surface area contributed by atoms with Crippen LogP contribution in [0.15, 0.2) is 0 Å².